The van der Waals surface area contributed by atoms with Gasteiger partial charge in [-0.25, -0.2) is 14.0 Å². The van der Waals surface area contributed by atoms with Gasteiger partial charge in [0, 0.05) is 37.7 Å². The Bertz CT molecular complexity index is 984. The van der Waals surface area contributed by atoms with Crippen molar-refractivity contribution in [2.24, 2.45) is 0 Å². The molecule has 2 aromatic carbocycles. The van der Waals surface area contributed by atoms with Gasteiger partial charge in [0.1, 0.15) is 5.82 Å². The Balaban J connectivity index is 0.000000454. The lowest BCUT2D eigenvalue weighted by atomic mass is 9.98. The van der Waals surface area contributed by atoms with Gasteiger partial charge >= 0.3 is 11.9 Å². The molecule has 2 fully saturated rings. The molecule has 2 heterocycles. The average molecular weight is 457 g/mol. The number of aliphatic carboxylic acids is 2. The number of benzene rings is 2. The molecule has 1 unspecified atom stereocenters. The van der Waals surface area contributed by atoms with Gasteiger partial charge < -0.3 is 20.0 Å². The van der Waals surface area contributed by atoms with Gasteiger partial charge in [0.15, 0.2) is 0 Å². The predicted molar refractivity (Wildman–Crippen MR) is 122 cm³/mol. The molecule has 1 atom stereocenters. The number of halogens is 1. The first kappa shape index (κ1) is 24.4. The van der Waals surface area contributed by atoms with E-state index in [1.54, 1.807) is 12.1 Å². The van der Waals surface area contributed by atoms with E-state index in [1.165, 1.54) is 5.56 Å². The molecule has 2 aromatic rings. The molecule has 2 N–H and O–H groups in total. The van der Waals surface area contributed by atoms with Gasteiger partial charge in [0.25, 0.3) is 0 Å². The van der Waals surface area contributed by atoms with E-state index in [4.69, 9.17) is 19.8 Å². The van der Waals surface area contributed by atoms with E-state index in [0.29, 0.717) is 6.42 Å². The molecule has 2 aliphatic heterocycles. The molecular weight excluding hydrogens is 427 g/mol. The first-order chi connectivity index (χ1) is 15.9. The van der Waals surface area contributed by atoms with E-state index in [9.17, 15) is 9.18 Å². The summed E-state index contributed by atoms with van der Waals surface area (Å²) in [7, 11) is 0. The topological polar surface area (TPSA) is 98.1 Å². The van der Waals surface area contributed by atoms with E-state index in [-0.39, 0.29) is 17.6 Å². The minimum absolute atomic E-state index is 0.0849. The second kappa shape index (κ2) is 11.6. The number of anilines is 1. The Morgan fingerprint density at radius 1 is 0.970 bits per heavy atom. The molecule has 0 aliphatic carbocycles. The van der Waals surface area contributed by atoms with Crippen molar-refractivity contribution in [1.29, 1.82) is 0 Å². The zero-order valence-electron chi connectivity index (χ0n) is 18.5. The molecule has 8 heteroatoms. The van der Waals surface area contributed by atoms with Crippen LogP contribution in [0.5, 0.6) is 0 Å². The highest BCUT2D eigenvalue weighted by Crippen LogP contribution is 2.30. The number of piperidine rings is 1. The van der Waals surface area contributed by atoms with Crippen LogP contribution in [0.25, 0.3) is 0 Å². The van der Waals surface area contributed by atoms with E-state index in [2.05, 4.69) is 23.1 Å². The summed E-state index contributed by atoms with van der Waals surface area (Å²) < 4.78 is 14.1. The number of para-hydroxylation sites is 1. The number of likely N-dealkylation sites (tertiary alicyclic amines) is 1. The number of hydrogen-bond acceptors (Lipinski definition) is 4. The van der Waals surface area contributed by atoms with E-state index in [1.807, 2.05) is 23.1 Å². The van der Waals surface area contributed by atoms with Gasteiger partial charge in [-0.15, -0.1) is 0 Å². The summed E-state index contributed by atoms with van der Waals surface area (Å²) in [4.78, 5) is 34.9. The van der Waals surface area contributed by atoms with E-state index in [0.717, 1.165) is 63.1 Å². The number of carbonyl (C=O) groups excluding carboxylic acids is 1. The molecule has 1 amide bonds. The highest BCUT2D eigenvalue weighted by molar-refractivity contribution is 6.27. The maximum Gasteiger partial charge on any atom is 0.414 e. The minimum Gasteiger partial charge on any atom is -0.473 e. The summed E-state index contributed by atoms with van der Waals surface area (Å²) in [6.07, 6.45) is 4.67. The summed E-state index contributed by atoms with van der Waals surface area (Å²) in [6.45, 7) is 3.69. The first-order valence-electron chi connectivity index (χ1n) is 11.2. The van der Waals surface area contributed by atoms with Gasteiger partial charge in [-0.05, 0) is 55.5 Å². The van der Waals surface area contributed by atoms with Gasteiger partial charge in [0.2, 0.25) is 5.91 Å². The van der Waals surface area contributed by atoms with Gasteiger partial charge in [-0.3, -0.25) is 4.79 Å². The molecule has 2 aliphatic rings. The Kier molecular flexibility index (Phi) is 8.54. The fourth-order valence-electron chi connectivity index (χ4n) is 4.42. The average Bonchev–Trinajstić information content (AvgIpc) is 3.28. The lowest BCUT2D eigenvalue weighted by Gasteiger charge is -2.29. The number of hydrogen-bond donors (Lipinski definition) is 2. The molecular formula is C25H29FN2O5. The van der Waals surface area contributed by atoms with Crippen molar-refractivity contribution >= 4 is 23.5 Å². The second-order valence-corrected chi connectivity index (χ2v) is 8.30. The number of carboxylic acids is 2. The van der Waals surface area contributed by atoms with Crippen molar-refractivity contribution in [1.82, 2.24) is 4.90 Å². The van der Waals surface area contributed by atoms with Crippen LogP contribution in [0.2, 0.25) is 0 Å². The summed E-state index contributed by atoms with van der Waals surface area (Å²) in [5.74, 6) is -3.21. The maximum absolute atomic E-state index is 14.1. The largest absolute Gasteiger partial charge is 0.473 e. The molecule has 4 rings (SSSR count). The predicted octanol–water partition coefficient (Wildman–Crippen LogP) is 3.53. The van der Waals surface area contributed by atoms with Crippen molar-refractivity contribution in [2.75, 3.05) is 31.1 Å². The second-order valence-electron chi connectivity index (χ2n) is 8.30. The third kappa shape index (κ3) is 6.61. The maximum atomic E-state index is 14.1. The summed E-state index contributed by atoms with van der Waals surface area (Å²) >= 11 is 0. The van der Waals surface area contributed by atoms with Crippen LogP contribution >= 0.6 is 0 Å². The minimum atomic E-state index is -1.82. The number of carboxylic acid groups (broad SMARTS) is 2. The van der Waals surface area contributed by atoms with Crippen LogP contribution in [0, 0.1) is 5.82 Å². The zero-order chi connectivity index (χ0) is 23.8. The molecule has 33 heavy (non-hydrogen) atoms. The monoisotopic (exact) mass is 456 g/mol. The van der Waals surface area contributed by atoms with Gasteiger partial charge in [0.05, 0.1) is 0 Å². The molecule has 0 radical (unpaired) electrons. The molecule has 7 nitrogen and oxygen atoms in total. The van der Waals surface area contributed by atoms with Crippen LogP contribution in [0.4, 0.5) is 10.1 Å². The normalized spacial score (nSPS) is 18.5. The van der Waals surface area contributed by atoms with Crippen molar-refractivity contribution in [3.63, 3.8) is 0 Å². The van der Waals surface area contributed by atoms with Gasteiger partial charge in [-0.2, -0.15) is 0 Å². The fourth-order valence-corrected chi connectivity index (χ4v) is 4.42. The molecule has 0 spiro atoms. The molecule has 0 aromatic heterocycles. The molecule has 0 saturated carbocycles. The van der Waals surface area contributed by atoms with Crippen LogP contribution in [-0.4, -0.2) is 59.1 Å². The lowest BCUT2D eigenvalue weighted by molar-refractivity contribution is -0.159. The molecule has 2 saturated heterocycles. The third-order valence-corrected chi connectivity index (χ3v) is 6.10. The van der Waals surface area contributed by atoms with Crippen LogP contribution in [-0.2, 0) is 20.8 Å². The number of carbonyl (C=O) groups is 3. The van der Waals surface area contributed by atoms with Crippen molar-refractivity contribution in [2.45, 2.75) is 38.0 Å². The van der Waals surface area contributed by atoms with E-state index < -0.39 is 11.9 Å². The van der Waals surface area contributed by atoms with Crippen molar-refractivity contribution in [3.8, 4) is 0 Å². The first-order valence-corrected chi connectivity index (χ1v) is 11.2. The lowest BCUT2D eigenvalue weighted by Crippen LogP contribution is -2.36. The Morgan fingerprint density at radius 3 is 2.36 bits per heavy atom. The summed E-state index contributed by atoms with van der Waals surface area (Å²) in [6, 6.07) is 15.4. The van der Waals surface area contributed by atoms with Crippen molar-refractivity contribution in [3.05, 3.63) is 65.5 Å². The van der Waals surface area contributed by atoms with Crippen molar-refractivity contribution < 1.29 is 29.0 Å². The van der Waals surface area contributed by atoms with Crippen LogP contribution in [0.1, 0.15) is 42.7 Å². The van der Waals surface area contributed by atoms with Crippen LogP contribution < -0.4 is 4.90 Å². The smallest absolute Gasteiger partial charge is 0.414 e. The molecule has 0 bridgehead atoms. The highest BCUT2D eigenvalue weighted by Gasteiger charge is 2.26. The van der Waals surface area contributed by atoms with Crippen LogP contribution in [0.3, 0.4) is 0 Å². The summed E-state index contributed by atoms with van der Waals surface area (Å²) in [5, 5.41) is 14.8. The van der Waals surface area contributed by atoms with Crippen LogP contribution in [0.15, 0.2) is 48.5 Å². The molecule has 176 valence electrons. The highest BCUT2D eigenvalue weighted by atomic mass is 19.1. The van der Waals surface area contributed by atoms with E-state index >= 15 is 0 Å². The Hall–Kier alpha value is -3.26. The standard InChI is InChI=1S/C23H27FN2O.C2H2O4/c24-21-9-3-2-8-20(21)19-13-16-25(17-19)15-12-18-7-1-4-10-22(18)26-14-6-5-11-23(26)27;3-1(4)2(5)6/h1-4,7-10,19H,5-6,11-17H2;(H,3,4)(H,5,6). The Labute approximate surface area is 192 Å². The number of amides is 1. The SMILES string of the molecule is O=C(O)C(=O)O.O=C1CCCCN1c1ccccc1CCN1CCC(c2ccccc2F)C1. The number of nitrogens with zero attached hydrogens (tertiary/aromatic N) is 2. The quantitative estimate of drug-likeness (QED) is 0.668. The fraction of sp³-hybridized carbons (Fsp3) is 0.400. The zero-order valence-corrected chi connectivity index (χ0v) is 18.5. The third-order valence-electron chi connectivity index (χ3n) is 6.10. The van der Waals surface area contributed by atoms with Gasteiger partial charge in [-0.1, -0.05) is 36.4 Å². The Morgan fingerprint density at radius 2 is 1.67 bits per heavy atom. The number of rotatable bonds is 5. The summed E-state index contributed by atoms with van der Waals surface area (Å²) in [5.41, 5.74) is 3.16.